The third-order valence-electron chi connectivity index (χ3n) is 10.7. The number of nitrogens with two attached hydrogens (primary N) is 3. The number of carbonyl (C=O) groups is 10. The van der Waals surface area contributed by atoms with Gasteiger partial charge in [-0.1, -0.05) is 30.3 Å². The molecule has 0 radical (unpaired) electrons. The summed E-state index contributed by atoms with van der Waals surface area (Å²) < 4.78 is 0. The van der Waals surface area contributed by atoms with Crippen LogP contribution >= 0.6 is 12.6 Å². The Bertz CT molecular complexity index is 1810. The van der Waals surface area contributed by atoms with Crippen molar-refractivity contribution in [3.8, 4) is 0 Å². The van der Waals surface area contributed by atoms with Gasteiger partial charge in [-0.3, -0.25) is 43.2 Å². The van der Waals surface area contributed by atoms with Crippen LogP contribution in [0.25, 0.3) is 0 Å². The SMILES string of the molecule is NCCCC[C@H](NC(=O)[C@H](CCC(=O)O)NC(=O)CN)C(=O)N[C@@H](CCC(N)=O)C(=O)N[C@@H](Cc1ccccc1)C(=O)N1CCC[C@H]1C(=O)N1CCC[C@H]1C(=O)N[C@@H](CS)C(=O)O. The number of nitrogens with zero attached hydrogens (tertiary/aromatic N) is 2. The molecule has 7 atom stereocenters. The van der Waals surface area contributed by atoms with Gasteiger partial charge in [-0.25, -0.2) is 4.79 Å². The number of carbonyl (C=O) groups excluding carboxylic acids is 8. The zero-order valence-corrected chi connectivity index (χ0v) is 35.9. The highest BCUT2D eigenvalue weighted by Crippen LogP contribution is 2.26. The third-order valence-corrected chi connectivity index (χ3v) is 11.1. The molecule has 348 valence electrons. The van der Waals surface area contributed by atoms with Crippen molar-refractivity contribution in [2.24, 2.45) is 17.2 Å². The van der Waals surface area contributed by atoms with Crippen molar-refractivity contribution in [1.29, 1.82) is 0 Å². The van der Waals surface area contributed by atoms with Gasteiger partial charge >= 0.3 is 11.9 Å². The van der Waals surface area contributed by atoms with Crippen LogP contribution in [0.4, 0.5) is 0 Å². The average molecular weight is 905 g/mol. The summed E-state index contributed by atoms with van der Waals surface area (Å²) in [4.78, 5) is 133. The highest BCUT2D eigenvalue weighted by molar-refractivity contribution is 7.80. The highest BCUT2D eigenvalue weighted by Gasteiger charge is 2.44. The number of hydrogen-bond donors (Lipinski definition) is 11. The van der Waals surface area contributed by atoms with Crippen LogP contribution in [0, 0.1) is 0 Å². The van der Waals surface area contributed by atoms with Crippen molar-refractivity contribution in [2.75, 3.05) is 31.9 Å². The van der Waals surface area contributed by atoms with Gasteiger partial charge in [0, 0.05) is 38.1 Å². The van der Waals surface area contributed by atoms with Crippen molar-refractivity contribution in [1.82, 2.24) is 36.4 Å². The molecule has 0 spiro atoms. The summed E-state index contributed by atoms with van der Waals surface area (Å²) in [6, 6.07) is -0.126. The van der Waals surface area contributed by atoms with E-state index in [0.717, 1.165) is 0 Å². The fraction of sp³-hybridized carbons (Fsp3) is 0.600. The first-order chi connectivity index (χ1) is 30.0. The van der Waals surface area contributed by atoms with Crippen LogP contribution in [0.1, 0.15) is 76.2 Å². The van der Waals surface area contributed by atoms with Gasteiger partial charge in [0.05, 0.1) is 6.54 Å². The van der Waals surface area contributed by atoms with E-state index in [0.29, 0.717) is 31.2 Å². The van der Waals surface area contributed by atoms with Gasteiger partial charge in [0.2, 0.25) is 47.3 Å². The van der Waals surface area contributed by atoms with Crippen LogP contribution in [0.15, 0.2) is 30.3 Å². The number of benzene rings is 1. The van der Waals surface area contributed by atoms with Gasteiger partial charge in [-0.15, -0.1) is 0 Å². The number of unbranched alkanes of at least 4 members (excludes halogenated alkanes) is 1. The van der Waals surface area contributed by atoms with Gasteiger partial charge in [-0.05, 0) is 69.9 Å². The topological polar surface area (TPSA) is 356 Å². The van der Waals surface area contributed by atoms with E-state index >= 15 is 0 Å². The lowest BCUT2D eigenvalue weighted by molar-refractivity contribution is -0.148. The number of hydrogen-bond acceptors (Lipinski definition) is 13. The molecule has 3 rings (SSSR count). The maximum atomic E-state index is 14.5. The Morgan fingerprint density at radius 2 is 1.24 bits per heavy atom. The van der Waals surface area contributed by atoms with Crippen LogP contribution in [-0.2, 0) is 54.4 Å². The molecule has 0 aromatic heterocycles. The van der Waals surface area contributed by atoms with E-state index in [4.69, 9.17) is 17.2 Å². The fourth-order valence-corrected chi connectivity index (χ4v) is 7.66. The Labute approximate surface area is 369 Å². The molecule has 13 N–H and O–H groups in total. The maximum Gasteiger partial charge on any atom is 0.327 e. The van der Waals surface area contributed by atoms with Gasteiger partial charge in [0.15, 0.2) is 0 Å². The van der Waals surface area contributed by atoms with Gasteiger partial charge < -0.3 is 63.8 Å². The first-order valence-corrected chi connectivity index (χ1v) is 21.5. The maximum absolute atomic E-state index is 14.5. The molecule has 2 saturated heterocycles. The summed E-state index contributed by atoms with van der Waals surface area (Å²) in [7, 11) is 0. The van der Waals surface area contributed by atoms with E-state index in [-0.39, 0.29) is 70.3 Å². The molecule has 0 bridgehead atoms. The minimum absolute atomic E-state index is 0.00375. The predicted octanol–water partition coefficient (Wildman–Crippen LogP) is -3.13. The minimum Gasteiger partial charge on any atom is -0.481 e. The summed E-state index contributed by atoms with van der Waals surface area (Å²) in [6.07, 6.45) is 0.580. The van der Waals surface area contributed by atoms with E-state index in [1.54, 1.807) is 30.3 Å². The average Bonchev–Trinajstić information content (AvgIpc) is 3.96. The Hall–Kier alpha value is -5.81. The van der Waals surface area contributed by atoms with E-state index in [1.165, 1.54) is 9.80 Å². The number of nitrogens with one attached hydrogen (secondary N) is 5. The molecule has 2 fully saturated rings. The molecule has 2 heterocycles. The molecular formula is C40H60N10O12S. The Morgan fingerprint density at radius 1 is 0.683 bits per heavy atom. The first-order valence-electron chi connectivity index (χ1n) is 20.9. The molecule has 23 heteroatoms. The van der Waals surface area contributed by atoms with Crippen LogP contribution in [0.2, 0.25) is 0 Å². The van der Waals surface area contributed by atoms with Crippen molar-refractivity contribution in [3.05, 3.63) is 35.9 Å². The standard InChI is InChI=1S/C40H60N10O12S/c41-17-5-4-10-24(45-35(56)25(14-16-33(53)54)44-32(52)21-42)34(55)46-26(13-15-31(43)51)36(57)47-27(20-23-8-2-1-3-9-23)38(59)50-19-7-12-30(50)39(60)49-18-6-11-29(49)37(58)48-28(22-63)40(61)62/h1-3,8-9,24-30,63H,4-7,10-22,41-42H2,(H2,43,51)(H,44,52)(H,45,56)(H,46,55)(H,47,57)(H,48,58)(H,53,54)(H,61,62)/t24-,25-,26-,27-,28-,29-,30-/m0/s1. The quantitative estimate of drug-likeness (QED) is 0.0324. The monoisotopic (exact) mass is 904 g/mol. The van der Waals surface area contributed by atoms with E-state index < -0.39 is 114 Å². The van der Waals surface area contributed by atoms with Gasteiger partial charge in [0.1, 0.15) is 42.3 Å². The van der Waals surface area contributed by atoms with Crippen LogP contribution in [0.3, 0.4) is 0 Å². The Kier molecular flexibility index (Phi) is 21.2. The molecule has 0 saturated carbocycles. The van der Waals surface area contributed by atoms with Gasteiger partial charge in [-0.2, -0.15) is 12.6 Å². The van der Waals surface area contributed by atoms with Crippen molar-refractivity contribution in [2.45, 2.75) is 119 Å². The number of primary amides is 1. The van der Waals surface area contributed by atoms with Crippen LogP contribution in [0.5, 0.6) is 0 Å². The molecule has 1 aromatic rings. The molecular weight excluding hydrogens is 845 g/mol. The number of thiol groups is 1. The molecule has 2 aliphatic heterocycles. The summed E-state index contributed by atoms with van der Waals surface area (Å²) in [5, 5.41) is 31.2. The number of carboxylic acid groups (broad SMARTS) is 2. The van der Waals surface area contributed by atoms with E-state index in [1.807, 2.05) is 0 Å². The highest BCUT2D eigenvalue weighted by atomic mass is 32.1. The normalized spacial score (nSPS) is 18.2. The molecule has 0 unspecified atom stereocenters. The number of likely N-dealkylation sites (tertiary alicyclic amines) is 2. The zero-order chi connectivity index (χ0) is 46.6. The number of aliphatic carboxylic acids is 2. The molecule has 1 aromatic carbocycles. The number of rotatable bonds is 26. The second-order valence-electron chi connectivity index (χ2n) is 15.4. The smallest absolute Gasteiger partial charge is 0.327 e. The fourth-order valence-electron chi connectivity index (χ4n) is 7.41. The number of amides is 8. The Balaban J connectivity index is 1.89. The summed E-state index contributed by atoms with van der Waals surface area (Å²) >= 11 is 3.99. The van der Waals surface area contributed by atoms with Crippen molar-refractivity contribution < 1.29 is 58.2 Å². The molecule has 63 heavy (non-hydrogen) atoms. The summed E-state index contributed by atoms with van der Waals surface area (Å²) in [6.45, 7) is 0.0741. The first kappa shape index (κ1) is 51.5. The lowest BCUT2D eigenvalue weighted by Gasteiger charge is -2.33. The molecule has 0 aliphatic carbocycles. The number of carboxylic acids is 2. The summed E-state index contributed by atoms with van der Waals surface area (Å²) in [5.41, 5.74) is 17.1. The van der Waals surface area contributed by atoms with Crippen molar-refractivity contribution in [3.63, 3.8) is 0 Å². The second-order valence-corrected chi connectivity index (χ2v) is 15.7. The third kappa shape index (κ3) is 16.1. The largest absolute Gasteiger partial charge is 0.481 e. The lowest BCUT2D eigenvalue weighted by Crippen LogP contribution is -2.60. The van der Waals surface area contributed by atoms with E-state index in [9.17, 15) is 58.2 Å². The van der Waals surface area contributed by atoms with E-state index in [2.05, 4.69) is 39.2 Å². The minimum atomic E-state index is -1.49. The van der Waals surface area contributed by atoms with Crippen LogP contribution in [-0.4, -0.2) is 153 Å². The van der Waals surface area contributed by atoms with Gasteiger partial charge in [0.25, 0.3) is 0 Å². The van der Waals surface area contributed by atoms with Crippen molar-refractivity contribution >= 4 is 71.8 Å². The lowest BCUT2D eigenvalue weighted by atomic mass is 10.0. The van der Waals surface area contributed by atoms with Crippen LogP contribution < -0.4 is 43.8 Å². The predicted molar refractivity (Wildman–Crippen MR) is 228 cm³/mol. The summed E-state index contributed by atoms with van der Waals surface area (Å²) in [5.74, 6) is -8.73. The zero-order valence-electron chi connectivity index (χ0n) is 35.0. The molecule has 22 nitrogen and oxygen atoms in total. The Morgan fingerprint density at radius 3 is 1.79 bits per heavy atom. The molecule has 2 aliphatic rings. The second kappa shape index (κ2) is 26.0. The molecule has 8 amide bonds.